The van der Waals surface area contributed by atoms with Gasteiger partial charge >= 0.3 is 0 Å². The zero-order valence-corrected chi connectivity index (χ0v) is 23.8. The maximum Gasteiger partial charge on any atom is 0.246 e. The van der Waals surface area contributed by atoms with Crippen molar-refractivity contribution in [1.82, 2.24) is 10.2 Å². The number of amides is 3. The van der Waals surface area contributed by atoms with Gasteiger partial charge < -0.3 is 20.3 Å². The van der Waals surface area contributed by atoms with E-state index in [1.807, 2.05) is 17.1 Å². The van der Waals surface area contributed by atoms with Gasteiger partial charge in [-0.2, -0.15) is 0 Å². The number of hydrogen-bond donors (Lipinski definition) is 2. The maximum absolute atomic E-state index is 14.4. The minimum atomic E-state index is -1.14. The number of halogens is 1. The summed E-state index contributed by atoms with van der Waals surface area (Å²) in [7, 11) is 0. The number of ether oxygens (including phenoxy) is 1. The number of likely N-dealkylation sites (tertiary alicyclic amines) is 1. The van der Waals surface area contributed by atoms with E-state index < -0.39 is 29.6 Å². The van der Waals surface area contributed by atoms with Crippen molar-refractivity contribution >= 4 is 35.0 Å². The summed E-state index contributed by atoms with van der Waals surface area (Å²) in [6, 6.07) is 6.23. The summed E-state index contributed by atoms with van der Waals surface area (Å²) in [5, 5.41) is 6.84. The molecule has 0 unspecified atom stereocenters. The normalized spacial score (nSPS) is 41.0. The summed E-state index contributed by atoms with van der Waals surface area (Å²) < 4.78 is 6.56. The molecule has 6 rings (SSSR count). The number of nitrogens with zero attached hydrogens (tertiary/aromatic N) is 1. The molecule has 0 aromatic heterocycles. The van der Waals surface area contributed by atoms with Gasteiger partial charge in [0.25, 0.3) is 0 Å². The van der Waals surface area contributed by atoms with E-state index in [0.717, 1.165) is 38.5 Å². The van der Waals surface area contributed by atoms with Gasteiger partial charge in [-0.25, -0.2) is 0 Å². The second-order valence-electron chi connectivity index (χ2n) is 12.7. The van der Waals surface area contributed by atoms with Crippen molar-refractivity contribution in [2.24, 2.45) is 29.6 Å². The number of carbonyl (C=O) groups excluding carboxylic acids is 3. The molecule has 39 heavy (non-hydrogen) atoms. The Balaban J connectivity index is 1.34. The Morgan fingerprint density at radius 2 is 1.79 bits per heavy atom. The molecule has 3 aliphatic heterocycles. The van der Waals surface area contributed by atoms with Crippen molar-refractivity contribution in [2.45, 2.75) is 95.5 Å². The van der Waals surface area contributed by atoms with Gasteiger partial charge in [-0.3, -0.25) is 14.4 Å². The molecule has 3 amide bonds. The first-order valence-corrected chi connectivity index (χ1v) is 15.1. The van der Waals surface area contributed by atoms with Crippen LogP contribution in [0.5, 0.6) is 0 Å². The van der Waals surface area contributed by atoms with Gasteiger partial charge in [0.1, 0.15) is 11.6 Å². The van der Waals surface area contributed by atoms with Gasteiger partial charge in [0, 0.05) is 22.8 Å². The monoisotopic (exact) mass is 553 g/mol. The van der Waals surface area contributed by atoms with E-state index in [-0.39, 0.29) is 35.7 Å². The highest BCUT2D eigenvalue weighted by molar-refractivity contribution is 6.30. The third kappa shape index (κ3) is 4.40. The average molecular weight is 554 g/mol. The Hall–Kier alpha value is -2.38. The molecule has 2 saturated carbocycles. The Bertz CT molecular complexity index is 1190. The molecule has 1 aromatic rings. The topological polar surface area (TPSA) is 87.7 Å². The summed E-state index contributed by atoms with van der Waals surface area (Å²) in [5.74, 6) is -0.821. The van der Waals surface area contributed by atoms with Crippen LogP contribution in [0, 0.1) is 29.6 Å². The lowest BCUT2D eigenvalue weighted by atomic mass is 9.73. The molecule has 5 aliphatic rings. The smallest absolute Gasteiger partial charge is 0.246 e. The molecule has 210 valence electrons. The third-order valence-corrected chi connectivity index (χ3v) is 10.6. The predicted molar refractivity (Wildman–Crippen MR) is 150 cm³/mol. The maximum atomic E-state index is 14.4. The number of fused-ring (bicyclic) bond motifs is 1. The lowest BCUT2D eigenvalue weighted by Crippen LogP contribution is -2.60. The highest BCUT2D eigenvalue weighted by atomic mass is 35.5. The molecule has 10 atom stereocenters. The number of nitrogens with one attached hydrogen (secondary N) is 2. The standard InChI is InChI=1S/C31H40ClN3O4/c1-17-9-6-12-22(19(17)3)34-29(37)27-31-15-14-24(39-31)25(28(36)33-21-11-7-10-20(32)16-21)26(31)30(38)35(27)23-13-5-4-8-18(23)2/h7,10-11,14-19,22-27H,4-6,8-9,12-13H2,1-3H3,(H,33,36)(H,34,37)/t17-,18+,19+,22+,23-,24+,25+,26+,27+,31+/m1/s1. The van der Waals surface area contributed by atoms with E-state index in [0.29, 0.717) is 22.5 Å². The number of benzene rings is 1. The zero-order valence-electron chi connectivity index (χ0n) is 23.1. The van der Waals surface area contributed by atoms with Gasteiger partial charge in [-0.05, 0) is 55.2 Å². The molecular formula is C31H40ClN3O4. The Labute approximate surface area is 236 Å². The number of carbonyl (C=O) groups is 3. The fourth-order valence-electron chi connectivity index (χ4n) is 8.11. The first kappa shape index (κ1) is 26.8. The van der Waals surface area contributed by atoms with Gasteiger partial charge in [-0.1, -0.05) is 76.3 Å². The van der Waals surface area contributed by atoms with Gasteiger partial charge in [0.05, 0.1) is 17.9 Å². The second kappa shape index (κ2) is 10.2. The van der Waals surface area contributed by atoms with Crippen LogP contribution in [-0.2, 0) is 19.1 Å². The minimum absolute atomic E-state index is 0.0441. The number of anilines is 1. The SMILES string of the molecule is C[C@H]1[C@H](C)CCC[C@@H]1NC(=O)[C@@H]1N([C@@H]2CCCC[C@@H]2C)C(=O)[C@@H]2[C@@H](C(=O)Nc3cccc(Cl)c3)[C@@H]3C=C[C@]21O3. The second-order valence-corrected chi connectivity index (χ2v) is 13.1. The highest BCUT2D eigenvalue weighted by Gasteiger charge is 2.73. The quantitative estimate of drug-likeness (QED) is 0.505. The van der Waals surface area contributed by atoms with E-state index >= 15 is 0 Å². The van der Waals surface area contributed by atoms with E-state index in [9.17, 15) is 14.4 Å². The summed E-state index contributed by atoms with van der Waals surface area (Å²) in [6.45, 7) is 6.64. The molecule has 2 bridgehead atoms. The first-order valence-electron chi connectivity index (χ1n) is 14.8. The number of rotatable bonds is 5. The van der Waals surface area contributed by atoms with Crippen LogP contribution in [-0.4, -0.2) is 52.5 Å². The summed E-state index contributed by atoms with van der Waals surface area (Å²) >= 11 is 6.14. The van der Waals surface area contributed by atoms with Crippen molar-refractivity contribution in [1.29, 1.82) is 0 Å². The van der Waals surface area contributed by atoms with Crippen LogP contribution in [0.15, 0.2) is 36.4 Å². The van der Waals surface area contributed by atoms with Crippen molar-refractivity contribution in [3.05, 3.63) is 41.4 Å². The molecule has 2 saturated heterocycles. The van der Waals surface area contributed by atoms with Gasteiger partial charge in [-0.15, -0.1) is 0 Å². The number of hydrogen-bond acceptors (Lipinski definition) is 4. The van der Waals surface area contributed by atoms with Crippen molar-refractivity contribution in [3.8, 4) is 0 Å². The van der Waals surface area contributed by atoms with Crippen LogP contribution in [0.1, 0.15) is 65.7 Å². The molecule has 1 spiro atoms. The molecule has 1 aromatic carbocycles. The molecule has 2 N–H and O–H groups in total. The van der Waals surface area contributed by atoms with Gasteiger partial charge in [0.15, 0.2) is 0 Å². The molecule has 8 heteroatoms. The molecular weight excluding hydrogens is 514 g/mol. The lowest BCUT2D eigenvalue weighted by Gasteiger charge is -2.42. The first-order chi connectivity index (χ1) is 18.7. The minimum Gasteiger partial charge on any atom is -0.359 e. The molecule has 4 fully saturated rings. The van der Waals surface area contributed by atoms with Crippen molar-refractivity contribution in [3.63, 3.8) is 0 Å². The van der Waals surface area contributed by atoms with E-state index in [4.69, 9.17) is 16.3 Å². The molecule has 7 nitrogen and oxygen atoms in total. The zero-order chi connectivity index (χ0) is 27.5. The predicted octanol–water partition coefficient (Wildman–Crippen LogP) is 4.95. The highest BCUT2D eigenvalue weighted by Crippen LogP contribution is 2.56. The average Bonchev–Trinajstić information content (AvgIpc) is 3.54. The van der Waals surface area contributed by atoms with Gasteiger partial charge in [0.2, 0.25) is 17.7 Å². The largest absolute Gasteiger partial charge is 0.359 e. The molecule has 3 heterocycles. The van der Waals surface area contributed by atoms with Crippen LogP contribution in [0.3, 0.4) is 0 Å². The van der Waals surface area contributed by atoms with Crippen LogP contribution in [0.25, 0.3) is 0 Å². The fraction of sp³-hybridized carbons (Fsp3) is 0.645. The summed E-state index contributed by atoms with van der Waals surface area (Å²) in [6.07, 6.45) is 10.5. The summed E-state index contributed by atoms with van der Waals surface area (Å²) in [5.41, 5.74) is -0.561. The van der Waals surface area contributed by atoms with Crippen molar-refractivity contribution in [2.75, 3.05) is 5.32 Å². The Morgan fingerprint density at radius 1 is 1.03 bits per heavy atom. The van der Waals surface area contributed by atoms with E-state index in [1.54, 1.807) is 24.3 Å². The Morgan fingerprint density at radius 3 is 2.56 bits per heavy atom. The van der Waals surface area contributed by atoms with Crippen LogP contribution < -0.4 is 10.6 Å². The van der Waals surface area contributed by atoms with Crippen LogP contribution >= 0.6 is 11.6 Å². The third-order valence-electron chi connectivity index (χ3n) is 10.4. The van der Waals surface area contributed by atoms with Crippen LogP contribution in [0.4, 0.5) is 5.69 Å². The summed E-state index contributed by atoms with van der Waals surface area (Å²) in [4.78, 5) is 44.2. The van der Waals surface area contributed by atoms with E-state index in [2.05, 4.69) is 31.4 Å². The molecule has 2 aliphatic carbocycles. The Kier molecular flexibility index (Phi) is 7.03. The van der Waals surface area contributed by atoms with E-state index in [1.165, 1.54) is 6.42 Å². The van der Waals surface area contributed by atoms with Crippen LogP contribution in [0.2, 0.25) is 5.02 Å². The fourth-order valence-corrected chi connectivity index (χ4v) is 8.30. The molecule has 0 radical (unpaired) electrons. The van der Waals surface area contributed by atoms with Crippen molar-refractivity contribution < 1.29 is 19.1 Å². The lowest BCUT2D eigenvalue weighted by molar-refractivity contribution is -0.146.